The normalized spacial score (nSPS) is 14.6. The van der Waals surface area contributed by atoms with E-state index in [-0.39, 0.29) is 32.7 Å². The molecule has 0 aliphatic heterocycles. The van der Waals surface area contributed by atoms with Crippen molar-refractivity contribution < 1.29 is 31.1 Å². The van der Waals surface area contributed by atoms with Crippen molar-refractivity contribution in [1.29, 1.82) is 0 Å². The Bertz CT molecular complexity index is 2200. The number of hydrogen-bond donors (Lipinski definition) is 3. The number of benzene rings is 2. The first-order valence-electron chi connectivity index (χ1n) is 13.4. The fraction of sp³-hybridized carbons (Fsp3) is 0.161. The van der Waals surface area contributed by atoms with Crippen molar-refractivity contribution in [3.05, 3.63) is 106 Å². The van der Waals surface area contributed by atoms with Gasteiger partial charge in [0, 0.05) is 26.7 Å². The molecular formula is C31H24ClF3N4O4S2. The van der Waals surface area contributed by atoms with Crippen molar-refractivity contribution in [3.8, 4) is 11.3 Å². The van der Waals surface area contributed by atoms with Crippen LogP contribution in [0, 0.1) is 6.92 Å². The fourth-order valence-electron chi connectivity index (χ4n) is 4.92. The highest BCUT2D eigenvalue weighted by Gasteiger charge is 2.51. The first kappa shape index (κ1) is 31.0. The molecule has 1 unspecified atom stereocenters. The fourth-order valence-corrected chi connectivity index (χ4v) is 7.65. The Morgan fingerprint density at radius 1 is 1.09 bits per heavy atom. The van der Waals surface area contributed by atoms with Gasteiger partial charge in [-0.1, -0.05) is 29.8 Å². The van der Waals surface area contributed by atoms with Gasteiger partial charge < -0.3 is 15.3 Å². The number of hydrogen-bond acceptors (Lipinski definition) is 8. The van der Waals surface area contributed by atoms with E-state index >= 15 is 0 Å². The number of nitrogens with one attached hydrogen (secondary N) is 1. The number of furan rings is 1. The second-order valence-electron chi connectivity index (χ2n) is 10.6. The number of halogens is 4. The maximum atomic E-state index is 13.8. The highest BCUT2D eigenvalue weighted by atomic mass is 35.5. The zero-order valence-corrected chi connectivity index (χ0v) is 25.9. The van der Waals surface area contributed by atoms with E-state index in [1.54, 1.807) is 37.3 Å². The molecule has 6 rings (SSSR count). The smallest absolute Gasteiger partial charge is 0.421 e. The van der Waals surface area contributed by atoms with Gasteiger partial charge in [-0.05, 0) is 78.9 Å². The highest BCUT2D eigenvalue weighted by Crippen LogP contribution is 2.42. The molecule has 0 fully saturated rings. The monoisotopic (exact) mass is 672 g/mol. The van der Waals surface area contributed by atoms with E-state index in [1.807, 2.05) is 0 Å². The minimum absolute atomic E-state index is 0.0101. The number of aromatic nitrogens is 2. The Labute approximate surface area is 264 Å². The van der Waals surface area contributed by atoms with Crippen LogP contribution in [0.2, 0.25) is 5.02 Å². The molecule has 14 heteroatoms. The molecular weight excluding hydrogens is 649 g/mol. The topological polar surface area (TPSA) is 131 Å². The number of pyridine rings is 2. The van der Waals surface area contributed by atoms with Gasteiger partial charge in [0.25, 0.3) is 0 Å². The van der Waals surface area contributed by atoms with E-state index in [0.717, 1.165) is 11.6 Å². The summed E-state index contributed by atoms with van der Waals surface area (Å²) in [4.78, 5) is 9.11. The average molecular weight is 673 g/mol. The third kappa shape index (κ3) is 5.66. The lowest BCUT2D eigenvalue weighted by Crippen LogP contribution is -2.39. The number of aliphatic hydroxyl groups is 1. The maximum Gasteiger partial charge on any atom is 0.421 e. The van der Waals surface area contributed by atoms with Gasteiger partial charge in [0.05, 0.1) is 33.6 Å². The summed E-state index contributed by atoms with van der Waals surface area (Å²) in [5.74, 6) is 0.119. The van der Waals surface area contributed by atoms with Crippen LogP contribution in [0.3, 0.4) is 0 Å². The van der Waals surface area contributed by atoms with Gasteiger partial charge in [-0.3, -0.25) is 4.98 Å². The average Bonchev–Trinajstić information content (AvgIpc) is 3.60. The molecule has 0 amide bonds. The minimum Gasteiger partial charge on any atom is -0.464 e. The Morgan fingerprint density at radius 3 is 2.62 bits per heavy atom. The molecule has 2 atom stereocenters. The predicted molar refractivity (Wildman–Crippen MR) is 167 cm³/mol. The molecule has 0 saturated carbocycles. The Morgan fingerprint density at radius 2 is 1.87 bits per heavy atom. The van der Waals surface area contributed by atoms with Crippen molar-refractivity contribution >= 4 is 59.8 Å². The molecule has 45 heavy (non-hydrogen) atoms. The summed E-state index contributed by atoms with van der Waals surface area (Å²) in [5, 5.41) is 11.7. The summed E-state index contributed by atoms with van der Waals surface area (Å²) < 4.78 is 77.2. The van der Waals surface area contributed by atoms with Crippen molar-refractivity contribution in [3.63, 3.8) is 0 Å². The number of sulfonamides is 1. The van der Waals surface area contributed by atoms with Crippen LogP contribution < -0.4 is 10.5 Å². The largest absolute Gasteiger partial charge is 0.464 e. The first-order valence-corrected chi connectivity index (χ1v) is 16.0. The molecule has 232 valence electrons. The van der Waals surface area contributed by atoms with Crippen LogP contribution in [0.25, 0.3) is 32.3 Å². The first-order chi connectivity index (χ1) is 21.2. The quantitative estimate of drug-likeness (QED) is 0.160. The number of alkyl halides is 3. The van der Waals surface area contributed by atoms with E-state index in [4.69, 9.17) is 21.8 Å². The van der Waals surface area contributed by atoms with Crippen molar-refractivity contribution in [2.75, 3.05) is 5.73 Å². The summed E-state index contributed by atoms with van der Waals surface area (Å²) in [6, 6.07) is 15.6. The molecule has 0 bridgehead atoms. The van der Waals surface area contributed by atoms with Gasteiger partial charge in [-0.2, -0.15) is 17.9 Å². The van der Waals surface area contributed by atoms with Crippen LogP contribution >= 0.6 is 22.9 Å². The molecule has 2 aromatic carbocycles. The maximum absolute atomic E-state index is 13.8. The third-order valence-corrected chi connectivity index (χ3v) is 10.5. The van der Waals surface area contributed by atoms with E-state index in [1.165, 1.54) is 54.1 Å². The number of fused-ring (bicyclic) bond motifs is 2. The molecule has 4 aromatic heterocycles. The zero-order chi connectivity index (χ0) is 32.3. The number of nitrogen functional groups attached to an aromatic ring is 1. The predicted octanol–water partition coefficient (Wildman–Crippen LogP) is 7.49. The highest BCUT2D eigenvalue weighted by molar-refractivity contribution is 7.89. The van der Waals surface area contributed by atoms with Gasteiger partial charge in [-0.15, -0.1) is 11.3 Å². The lowest BCUT2D eigenvalue weighted by Gasteiger charge is -2.26. The van der Waals surface area contributed by atoms with Gasteiger partial charge in [0.2, 0.25) is 10.0 Å². The van der Waals surface area contributed by atoms with Crippen molar-refractivity contribution in [2.24, 2.45) is 0 Å². The van der Waals surface area contributed by atoms with Gasteiger partial charge in [0.1, 0.15) is 11.4 Å². The van der Waals surface area contributed by atoms with Crippen LogP contribution in [0.4, 0.5) is 19.0 Å². The summed E-state index contributed by atoms with van der Waals surface area (Å²) >= 11 is 7.73. The minimum atomic E-state index is -4.91. The summed E-state index contributed by atoms with van der Waals surface area (Å²) in [7, 11) is -4.18. The van der Waals surface area contributed by atoms with Crippen molar-refractivity contribution in [1.82, 2.24) is 14.7 Å². The number of anilines is 1. The van der Waals surface area contributed by atoms with Gasteiger partial charge >= 0.3 is 6.18 Å². The number of rotatable bonds is 7. The van der Waals surface area contributed by atoms with Crippen LogP contribution in [0.5, 0.6) is 0 Å². The second-order valence-corrected chi connectivity index (χ2v) is 13.8. The Balaban J connectivity index is 1.48. The molecule has 0 aliphatic rings. The lowest BCUT2D eigenvalue weighted by atomic mass is 9.94. The molecule has 0 spiro atoms. The SMILES string of the molecule is Cc1coc2ccc(S(=O)(=O)NC(c3cc4cccc(-c5cc([C@](C)(O)C(F)(F)F)ccn5)c4s3)c3nc(N)ccc3Cl)cc12. The second kappa shape index (κ2) is 11.1. The zero-order valence-electron chi connectivity index (χ0n) is 23.6. The molecule has 8 nitrogen and oxygen atoms in total. The molecule has 0 radical (unpaired) electrons. The number of nitrogens with zero attached hydrogens (tertiary/aromatic N) is 2. The molecule has 0 saturated heterocycles. The summed E-state index contributed by atoms with van der Waals surface area (Å²) in [6.45, 7) is 2.49. The number of aryl methyl sites for hydroxylation is 1. The van der Waals surface area contributed by atoms with Crippen LogP contribution in [0.15, 0.2) is 88.5 Å². The van der Waals surface area contributed by atoms with E-state index in [0.29, 0.717) is 38.4 Å². The summed E-state index contributed by atoms with van der Waals surface area (Å²) in [6.07, 6.45) is -2.18. The van der Waals surface area contributed by atoms with Gasteiger partial charge in [-0.25, -0.2) is 13.4 Å². The van der Waals surface area contributed by atoms with E-state index in [9.17, 15) is 26.7 Å². The third-order valence-electron chi connectivity index (χ3n) is 7.49. The van der Waals surface area contributed by atoms with Crippen LogP contribution in [-0.4, -0.2) is 29.7 Å². The molecule has 4 heterocycles. The number of nitrogens with two attached hydrogens (primary N) is 1. The van der Waals surface area contributed by atoms with Gasteiger partial charge in [0.15, 0.2) is 5.60 Å². The van der Waals surface area contributed by atoms with Crippen molar-refractivity contribution in [2.45, 2.75) is 36.6 Å². The molecule has 6 aromatic rings. The number of thiophene rings is 1. The standard InChI is InChI=1S/C31H24ClF3N4O4S2/c1-16-15-43-24-8-6-19(14-21(16)24)45(41,42)39-28(27-22(32)7-9-26(36)38-27)25-12-17-4-3-5-20(29(17)44-25)23-13-18(10-11-37-23)30(2,40)31(33,34)35/h3-15,28,39-40H,1-2H3,(H2,36,38)/t28?,30-/m0/s1. The van der Waals surface area contributed by atoms with E-state index in [2.05, 4.69) is 14.7 Å². The van der Waals surface area contributed by atoms with Crippen LogP contribution in [0.1, 0.15) is 34.7 Å². The molecule has 0 aliphatic carbocycles. The Kier molecular flexibility index (Phi) is 7.65. The molecule has 4 N–H and O–H groups in total. The summed E-state index contributed by atoms with van der Waals surface area (Å²) in [5.41, 5.74) is 4.65. The lowest BCUT2D eigenvalue weighted by molar-refractivity contribution is -0.258. The Hall–Kier alpha value is -4.01. The van der Waals surface area contributed by atoms with E-state index < -0.39 is 27.8 Å². The van der Waals surface area contributed by atoms with Crippen LogP contribution in [-0.2, 0) is 15.6 Å².